The van der Waals surface area contributed by atoms with E-state index in [-0.39, 0.29) is 5.91 Å². The van der Waals surface area contributed by atoms with Crippen LogP contribution in [0.5, 0.6) is 0 Å². The van der Waals surface area contributed by atoms with Crippen LogP contribution in [0.25, 0.3) is 28.0 Å². The Bertz CT molecular complexity index is 1670. The SMILES string of the molecule is CCC1CCCCN1CCN1C(=O)C(Cc2[nH]nc3ccccc23)c2nnc(-c3ccccc3)n2-c2ccccc21. The number of carbonyl (C=O) groups excluding carboxylic acids is 1. The van der Waals surface area contributed by atoms with Gasteiger partial charge in [0.2, 0.25) is 5.91 Å². The maximum Gasteiger partial charge on any atom is 0.238 e. The number of fused-ring (bicyclic) bond motifs is 4. The number of hydrogen-bond donors (Lipinski definition) is 1. The van der Waals surface area contributed by atoms with Crippen LogP contribution in [0.4, 0.5) is 5.69 Å². The number of nitrogens with one attached hydrogen (secondary N) is 1. The first-order valence-electron chi connectivity index (χ1n) is 14.8. The average Bonchev–Trinajstić information content (AvgIpc) is 3.63. The number of likely N-dealkylation sites (tertiary alicyclic amines) is 1. The molecule has 2 atom stereocenters. The molecule has 0 radical (unpaired) electrons. The first-order valence-corrected chi connectivity index (χ1v) is 14.8. The number of hydrogen-bond acceptors (Lipinski definition) is 5. The molecule has 2 aliphatic rings. The molecule has 0 saturated carbocycles. The first kappa shape index (κ1) is 25.7. The summed E-state index contributed by atoms with van der Waals surface area (Å²) < 4.78 is 2.10. The van der Waals surface area contributed by atoms with Gasteiger partial charge in [-0.25, -0.2) is 0 Å². The highest BCUT2D eigenvalue weighted by molar-refractivity contribution is 6.01. The number of carbonyl (C=O) groups is 1. The van der Waals surface area contributed by atoms with Crippen molar-refractivity contribution in [1.29, 1.82) is 0 Å². The second-order valence-electron chi connectivity index (χ2n) is 11.1. The van der Waals surface area contributed by atoms with Crippen molar-refractivity contribution in [3.8, 4) is 17.1 Å². The molecule has 0 aliphatic carbocycles. The number of benzene rings is 3. The van der Waals surface area contributed by atoms with E-state index in [1.807, 2.05) is 65.6 Å². The van der Waals surface area contributed by atoms with Crippen LogP contribution in [-0.4, -0.2) is 61.4 Å². The molecule has 5 aromatic rings. The standard InChI is InChI=1S/C33H35N7O/c1-2-24-14-10-11-19-38(24)20-21-39-29-17-8-9-18-30(29)40-31(23-12-4-3-5-13-23)36-37-32(40)26(33(39)41)22-28-25-15-6-7-16-27(25)34-35-28/h3-9,12-13,15-18,24,26H,2,10-11,14,19-22H2,1H3,(H,34,35). The van der Waals surface area contributed by atoms with E-state index in [0.29, 0.717) is 24.8 Å². The van der Waals surface area contributed by atoms with Gasteiger partial charge in [0.1, 0.15) is 5.92 Å². The van der Waals surface area contributed by atoms with Crippen molar-refractivity contribution >= 4 is 22.5 Å². The molecule has 208 valence electrons. The predicted molar refractivity (Wildman–Crippen MR) is 161 cm³/mol. The molecule has 8 heteroatoms. The smallest absolute Gasteiger partial charge is 0.238 e. The minimum Gasteiger partial charge on any atom is -0.308 e. The van der Waals surface area contributed by atoms with Crippen LogP contribution in [0.15, 0.2) is 78.9 Å². The number of para-hydroxylation sites is 3. The molecular weight excluding hydrogens is 510 g/mol. The van der Waals surface area contributed by atoms with Gasteiger partial charge in [-0.3, -0.25) is 19.4 Å². The van der Waals surface area contributed by atoms with Crippen molar-refractivity contribution in [3.05, 3.63) is 90.4 Å². The molecule has 1 saturated heterocycles. The number of nitrogens with zero attached hydrogens (tertiary/aromatic N) is 6. The Morgan fingerprint density at radius 3 is 2.51 bits per heavy atom. The molecule has 0 bridgehead atoms. The van der Waals surface area contributed by atoms with Gasteiger partial charge in [0.05, 0.1) is 16.9 Å². The van der Waals surface area contributed by atoms with E-state index in [4.69, 9.17) is 5.10 Å². The van der Waals surface area contributed by atoms with Gasteiger partial charge in [-0.2, -0.15) is 5.10 Å². The number of rotatable bonds is 7. The lowest BCUT2D eigenvalue weighted by atomic mass is 9.98. The predicted octanol–water partition coefficient (Wildman–Crippen LogP) is 5.75. The van der Waals surface area contributed by atoms with E-state index in [2.05, 4.69) is 49.9 Å². The Labute approximate surface area is 240 Å². The molecule has 1 fully saturated rings. The number of aromatic amines is 1. The summed E-state index contributed by atoms with van der Waals surface area (Å²) in [7, 11) is 0. The highest BCUT2D eigenvalue weighted by atomic mass is 16.2. The molecule has 7 rings (SSSR count). The zero-order valence-corrected chi connectivity index (χ0v) is 23.4. The van der Waals surface area contributed by atoms with Crippen molar-refractivity contribution < 1.29 is 4.79 Å². The van der Waals surface area contributed by atoms with Gasteiger partial charge in [-0.1, -0.05) is 74.0 Å². The average molecular weight is 546 g/mol. The highest BCUT2D eigenvalue weighted by Crippen LogP contribution is 2.38. The van der Waals surface area contributed by atoms with Crippen LogP contribution in [-0.2, 0) is 11.2 Å². The fourth-order valence-corrected chi connectivity index (χ4v) is 6.66. The lowest BCUT2D eigenvalue weighted by Gasteiger charge is -2.37. The number of anilines is 1. The Morgan fingerprint density at radius 2 is 1.66 bits per heavy atom. The Morgan fingerprint density at radius 1 is 0.878 bits per heavy atom. The zero-order chi connectivity index (χ0) is 27.8. The summed E-state index contributed by atoms with van der Waals surface area (Å²) in [5.74, 6) is 0.919. The van der Waals surface area contributed by atoms with Crippen LogP contribution < -0.4 is 4.90 Å². The fourth-order valence-electron chi connectivity index (χ4n) is 6.66. The monoisotopic (exact) mass is 545 g/mol. The van der Waals surface area contributed by atoms with Crippen molar-refractivity contribution in [2.24, 2.45) is 0 Å². The van der Waals surface area contributed by atoms with Gasteiger partial charge in [-0.05, 0) is 44.0 Å². The summed E-state index contributed by atoms with van der Waals surface area (Å²) in [6.07, 6.45) is 5.34. The lowest BCUT2D eigenvalue weighted by Crippen LogP contribution is -2.46. The van der Waals surface area contributed by atoms with Crippen LogP contribution in [0.1, 0.15) is 50.0 Å². The third-order valence-electron chi connectivity index (χ3n) is 8.79. The molecule has 2 aromatic heterocycles. The quantitative estimate of drug-likeness (QED) is 0.282. The Hall–Kier alpha value is -4.30. The van der Waals surface area contributed by atoms with Gasteiger partial charge in [-0.15, -0.1) is 10.2 Å². The van der Waals surface area contributed by atoms with Crippen LogP contribution in [0.3, 0.4) is 0 Å². The minimum absolute atomic E-state index is 0.0481. The van der Waals surface area contributed by atoms with E-state index in [1.165, 1.54) is 19.3 Å². The number of H-pyrrole nitrogens is 1. The second-order valence-corrected chi connectivity index (χ2v) is 11.1. The lowest BCUT2D eigenvalue weighted by molar-refractivity contribution is -0.120. The van der Waals surface area contributed by atoms with E-state index in [9.17, 15) is 4.79 Å². The molecule has 41 heavy (non-hydrogen) atoms. The van der Waals surface area contributed by atoms with E-state index >= 15 is 0 Å². The molecule has 3 aromatic carbocycles. The van der Waals surface area contributed by atoms with Crippen LogP contribution >= 0.6 is 0 Å². The van der Waals surface area contributed by atoms with E-state index in [0.717, 1.165) is 58.9 Å². The molecule has 8 nitrogen and oxygen atoms in total. The second kappa shape index (κ2) is 10.9. The van der Waals surface area contributed by atoms with Crippen molar-refractivity contribution in [1.82, 2.24) is 29.9 Å². The Balaban J connectivity index is 1.34. The zero-order valence-electron chi connectivity index (χ0n) is 23.4. The van der Waals surface area contributed by atoms with Gasteiger partial charge in [0.25, 0.3) is 0 Å². The number of aromatic nitrogens is 5. The molecular formula is C33H35N7O. The van der Waals surface area contributed by atoms with Gasteiger partial charge in [0.15, 0.2) is 11.6 Å². The maximum absolute atomic E-state index is 14.7. The molecule has 2 aliphatic heterocycles. The highest BCUT2D eigenvalue weighted by Gasteiger charge is 2.38. The van der Waals surface area contributed by atoms with E-state index in [1.54, 1.807) is 0 Å². The summed E-state index contributed by atoms with van der Waals surface area (Å²) in [5, 5.41) is 18.1. The summed E-state index contributed by atoms with van der Waals surface area (Å²) in [6, 6.07) is 26.9. The maximum atomic E-state index is 14.7. The van der Waals surface area contributed by atoms with Crippen LogP contribution in [0, 0.1) is 0 Å². The summed E-state index contributed by atoms with van der Waals surface area (Å²) in [5.41, 5.74) is 4.63. The molecule has 1 amide bonds. The summed E-state index contributed by atoms with van der Waals surface area (Å²) in [6.45, 7) is 4.85. The minimum atomic E-state index is -0.528. The number of amides is 1. The molecule has 0 spiro atoms. The van der Waals surface area contributed by atoms with Crippen LogP contribution in [0.2, 0.25) is 0 Å². The topological polar surface area (TPSA) is 82.9 Å². The summed E-state index contributed by atoms with van der Waals surface area (Å²) in [4.78, 5) is 19.3. The Kier molecular flexibility index (Phi) is 6.84. The van der Waals surface area contributed by atoms with E-state index < -0.39 is 5.92 Å². The third kappa shape index (κ3) is 4.62. The van der Waals surface area contributed by atoms with Crippen molar-refractivity contribution in [2.75, 3.05) is 24.5 Å². The van der Waals surface area contributed by atoms with Crippen molar-refractivity contribution in [3.63, 3.8) is 0 Å². The fraction of sp³-hybridized carbons (Fsp3) is 0.333. The summed E-state index contributed by atoms with van der Waals surface area (Å²) >= 11 is 0. The van der Waals surface area contributed by atoms with Crippen molar-refractivity contribution in [2.45, 2.75) is 51.0 Å². The van der Waals surface area contributed by atoms with Gasteiger partial charge in [0, 0.05) is 42.2 Å². The molecule has 4 heterocycles. The third-order valence-corrected chi connectivity index (χ3v) is 8.79. The van der Waals surface area contributed by atoms with Gasteiger partial charge >= 0.3 is 0 Å². The molecule has 2 unspecified atom stereocenters. The largest absolute Gasteiger partial charge is 0.308 e. The first-order chi connectivity index (χ1) is 20.2. The normalized spacial score (nSPS) is 19.2. The molecule has 1 N–H and O–H groups in total. The van der Waals surface area contributed by atoms with Gasteiger partial charge < -0.3 is 4.90 Å². The number of piperidine rings is 1.